The van der Waals surface area contributed by atoms with Crippen molar-refractivity contribution in [2.45, 2.75) is 46.6 Å². The Morgan fingerprint density at radius 3 is 2.44 bits per heavy atom. The molecule has 1 N–H and O–H groups in total. The maximum atomic E-state index is 5.66. The van der Waals surface area contributed by atoms with Crippen LogP contribution in [0.2, 0.25) is 0 Å². The molecule has 3 nitrogen and oxygen atoms in total. The number of nitrogens with one attached hydrogen (secondary N) is 1. The van der Waals surface area contributed by atoms with Gasteiger partial charge in [-0.1, -0.05) is 13.8 Å². The molecule has 1 aliphatic heterocycles. The van der Waals surface area contributed by atoms with E-state index in [2.05, 4.69) is 51.9 Å². The van der Waals surface area contributed by atoms with Crippen molar-refractivity contribution in [3.63, 3.8) is 0 Å². The van der Waals surface area contributed by atoms with Crippen LogP contribution >= 0.6 is 0 Å². The van der Waals surface area contributed by atoms with E-state index in [-0.39, 0.29) is 5.54 Å². The van der Waals surface area contributed by atoms with E-state index >= 15 is 0 Å². The van der Waals surface area contributed by atoms with Gasteiger partial charge in [0.05, 0.1) is 6.61 Å². The highest BCUT2D eigenvalue weighted by atomic mass is 16.5. The third-order valence-electron chi connectivity index (χ3n) is 3.46. The minimum absolute atomic E-state index is 0.187. The van der Waals surface area contributed by atoms with Crippen LogP contribution in [0, 0.1) is 11.3 Å². The van der Waals surface area contributed by atoms with Crippen LogP contribution in [0.3, 0.4) is 0 Å². The summed E-state index contributed by atoms with van der Waals surface area (Å²) >= 11 is 0. The molecule has 0 aliphatic carbocycles. The fraction of sp³-hybridized carbons (Fsp3) is 1.00. The molecule has 1 atom stereocenters. The van der Waals surface area contributed by atoms with Gasteiger partial charge in [0, 0.05) is 37.2 Å². The third kappa shape index (κ3) is 5.68. The SMILES string of the molecule is CC(C)CN(C)CC1(CNC(C)(C)C)CCOC1. The zero-order valence-electron chi connectivity index (χ0n) is 13.2. The molecule has 0 radical (unpaired) electrons. The molecule has 1 fully saturated rings. The van der Waals surface area contributed by atoms with E-state index in [9.17, 15) is 0 Å². The number of hydrogen-bond acceptors (Lipinski definition) is 3. The molecule has 1 heterocycles. The molecule has 0 amide bonds. The molecule has 0 aromatic carbocycles. The highest BCUT2D eigenvalue weighted by molar-refractivity contribution is 4.90. The maximum absolute atomic E-state index is 5.66. The van der Waals surface area contributed by atoms with Crippen LogP contribution in [0.15, 0.2) is 0 Å². The van der Waals surface area contributed by atoms with Gasteiger partial charge in [-0.15, -0.1) is 0 Å². The van der Waals surface area contributed by atoms with Gasteiger partial charge < -0.3 is 15.0 Å². The van der Waals surface area contributed by atoms with E-state index in [0.29, 0.717) is 5.41 Å². The van der Waals surface area contributed by atoms with Gasteiger partial charge in [-0.25, -0.2) is 0 Å². The number of nitrogens with zero attached hydrogens (tertiary/aromatic N) is 1. The van der Waals surface area contributed by atoms with Crippen molar-refractivity contribution in [1.29, 1.82) is 0 Å². The zero-order valence-corrected chi connectivity index (χ0v) is 13.2. The first-order chi connectivity index (χ1) is 8.22. The molecule has 0 spiro atoms. The zero-order chi connectivity index (χ0) is 13.8. The summed E-state index contributed by atoms with van der Waals surface area (Å²) in [5.74, 6) is 0.727. The van der Waals surface area contributed by atoms with Gasteiger partial charge in [0.25, 0.3) is 0 Å². The van der Waals surface area contributed by atoms with Crippen molar-refractivity contribution in [3.8, 4) is 0 Å². The standard InChI is InChI=1S/C15H32N2O/c1-13(2)9-17(6)11-15(7-8-18-12-15)10-16-14(3,4)5/h13,16H,7-12H2,1-6H3. The Bertz CT molecular complexity index is 239. The van der Waals surface area contributed by atoms with E-state index in [1.54, 1.807) is 0 Å². The normalized spacial score (nSPS) is 25.3. The summed E-state index contributed by atoms with van der Waals surface area (Å²) in [6.07, 6.45) is 1.18. The first-order valence-corrected chi connectivity index (χ1v) is 7.24. The topological polar surface area (TPSA) is 24.5 Å². The molecule has 108 valence electrons. The molecular weight excluding hydrogens is 224 g/mol. The predicted octanol–water partition coefficient (Wildman–Crippen LogP) is 2.37. The first kappa shape index (κ1) is 15.9. The van der Waals surface area contributed by atoms with E-state index in [4.69, 9.17) is 4.74 Å². The average molecular weight is 256 g/mol. The van der Waals surface area contributed by atoms with Gasteiger partial charge in [-0.05, 0) is 40.2 Å². The van der Waals surface area contributed by atoms with E-state index in [1.807, 2.05) is 0 Å². The van der Waals surface area contributed by atoms with Gasteiger partial charge in [-0.3, -0.25) is 0 Å². The van der Waals surface area contributed by atoms with E-state index in [1.165, 1.54) is 6.42 Å². The van der Waals surface area contributed by atoms with Crippen molar-refractivity contribution in [2.24, 2.45) is 11.3 Å². The quantitative estimate of drug-likeness (QED) is 0.789. The summed E-state index contributed by atoms with van der Waals surface area (Å²) in [6.45, 7) is 16.4. The lowest BCUT2D eigenvalue weighted by molar-refractivity contribution is 0.109. The molecule has 1 rings (SSSR count). The highest BCUT2D eigenvalue weighted by Crippen LogP contribution is 2.29. The molecule has 0 saturated carbocycles. The molecule has 1 aliphatic rings. The molecule has 0 aromatic rings. The van der Waals surface area contributed by atoms with Crippen molar-refractivity contribution in [3.05, 3.63) is 0 Å². The molecular formula is C15H32N2O. The molecule has 18 heavy (non-hydrogen) atoms. The van der Waals surface area contributed by atoms with Crippen LogP contribution in [-0.4, -0.2) is 50.3 Å². The van der Waals surface area contributed by atoms with Crippen LogP contribution in [0.25, 0.3) is 0 Å². The second-order valence-electron chi connectivity index (χ2n) is 7.50. The number of rotatable bonds is 6. The second kappa shape index (κ2) is 6.36. The van der Waals surface area contributed by atoms with E-state index < -0.39 is 0 Å². The highest BCUT2D eigenvalue weighted by Gasteiger charge is 2.36. The van der Waals surface area contributed by atoms with Gasteiger partial charge >= 0.3 is 0 Å². The molecule has 0 aromatic heterocycles. The molecule has 0 bridgehead atoms. The number of ether oxygens (including phenoxy) is 1. The van der Waals surface area contributed by atoms with Gasteiger partial charge in [0.15, 0.2) is 0 Å². The summed E-state index contributed by atoms with van der Waals surface area (Å²) in [5.41, 5.74) is 0.489. The Hall–Kier alpha value is -0.120. The van der Waals surface area contributed by atoms with Crippen molar-refractivity contribution >= 4 is 0 Å². The van der Waals surface area contributed by atoms with Crippen LogP contribution in [0.4, 0.5) is 0 Å². The summed E-state index contributed by atoms with van der Waals surface area (Å²) in [7, 11) is 2.23. The first-order valence-electron chi connectivity index (χ1n) is 7.24. The third-order valence-corrected chi connectivity index (χ3v) is 3.46. The van der Waals surface area contributed by atoms with Gasteiger partial charge in [0.1, 0.15) is 0 Å². The van der Waals surface area contributed by atoms with Gasteiger partial charge in [-0.2, -0.15) is 0 Å². The van der Waals surface area contributed by atoms with Crippen molar-refractivity contribution < 1.29 is 4.74 Å². The van der Waals surface area contributed by atoms with Crippen LogP contribution in [0.1, 0.15) is 41.0 Å². The van der Waals surface area contributed by atoms with Crippen LogP contribution in [-0.2, 0) is 4.74 Å². The maximum Gasteiger partial charge on any atom is 0.0547 e. The summed E-state index contributed by atoms with van der Waals surface area (Å²) < 4.78 is 5.66. The largest absolute Gasteiger partial charge is 0.381 e. The van der Waals surface area contributed by atoms with Crippen LogP contribution in [0.5, 0.6) is 0 Å². The monoisotopic (exact) mass is 256 g/mol. The summed E-state index contributed by atoms with van der Waals surface area (Å²) in [4.78, 5) is 2.46. The van der Waals surface area contributed by atoms with Crippen LogP contribution < -0.4 is 5.32 Å². The Morgan fingerprint density at radius 2 is 2.00 bits per heavy atom. The number of hydrogen-bond donors (Lipinski definition) is 1. The average Bonchev–Trinajstić information content (AvgIpc) is 2.61. The fourth-order valence-corrected chi connectivity index (χ4v) is 2.68. The summed E-state index contributed by atoms with van der Waals surface area (Å²) in [6, 6.07) is 0. The molecule has 3 heteroatoms. The fourth-order valence-electron chi connectivity index (χ4n) is 2.68. The lowest BCUT2D eigenvalue weighted by Gasteiger charge is -2.36. The minimum Gasteiger partial charge on any atom is -0.381 e. The van der Waals surface area contributed by atoms with Crippen molar-refractivity contribution in [2.75, 3.05) is 39.9 Å². The van der Waals surface area contributed by atoms with E-state index in [0.717, 1.165) is 38.8 Å². The Kier molecular flexibility index (Phi) is 5.63. The smallest absolute Gasteiger partial charge is 0.0547 e. The lowest BCUT2D eigenvalue weighted by Crippen LogP contribution is -2.49. The Morgan fingerprint density at radius 1 is 1.33 bits per heavy atom. The Balaban J connectivity index is 2.52. The second-order valence-corrected chi connectivity index (χ2v) is 7.50. The van der Waals surface area contributed by atoms with Crippen molar-refractivity contribution in [1.82, 2.24) is 10.2 Å². The van der Waals surface area contributed by atoms with Gasteiger partial charge in [0.2, 0.25) is 0 Å². The molecule has 1 saturated heterocycles. The minimum atomic E-state index is 0.187. The predicted molar refractivity (Wildman–Crippen MR) is 78.0 cm³/mol. The molecule has 1 unspecified atom stereocenters. The lowest BCUT2D eigenvalue weighted by atomic mass is 9.85. The summed E-state index contributed by atoms with van der Waals surface area (Å²) in [5, 5.41) is 3.66. The Labute approximate surface area is 113 Å².